The van der Waals surface area contributed by atoms with Crippen LogP contribution in [0.15, 0.2) is 61.2 Å². The molecule has 178 valence electrons. The molecule has 0 N–H and O–H groups in total. The minimum atomic E-state index is -0.461. The number of alkyl halides is 1. The van der Waals surface area contributed by atoms with Gasteiger partial charge < -0.3 is 18.9 Å². The number of unbranched alkanes of at least 4 members (excludes halogenated alkanes) is 1. The Morgan fingerprint density at radius 2 is 1.52 bits per heavy atom. The van der Waals surface area contributed by atoms with Crippen molar-refractivity contribution >= 4 is 23.5 Å². The Hall–Kier alpha value is -2.99. The number of hydrogen-bond acceptors (Lipinski definition) is 6. The summed E-state index contributed by atoms with van der Waals surface area (Å²) in [6.07, 6.45) is 3.56. The zero-order valence-electron chi connectivity index (χ0n) is 19.1. The van der Waals surface area contributed by atoms with Crippen LogP contribution in [0.2, 0.25) is 0 Å². The molecule has 0 heterocycles. The quantitative estimate of drug-likeness (QED) is 0.113. The number of ether oxygens (including phenoxy) is 4. The van der Waals surface area contributed by atoms with Crippen molar-refractivity contribution < 1.29 is 28.5 Å². The molecule has 7 heteroatoms. The molecule has 0 radical (unpaired) electrons. The molecule has 0 fully saturated rings. The highest BCUT2D eigenvalue weighted by atomic mass is 35.5. The summed E-state index contributed by atoms with van der Waals surface area (Å²) >= 11 is 6.30. The molecule has 2 aromatic carbocycles. The molecule has 0 saturated carbocycles. The summed E-state index contributed by atoms with van der Waals surface area (Å²) in [5, 5.41) is -0.0542. The van der Waals surface area contributed by atoms with E-state index in [0.717, 1.165) is 18.9 Å². The summed E-state index contributed by atoms with van der Waals surface area (Å²) in [5.74, 6) is 1.23. The van der Waals surface area contributed by atoms with E-state index in [0.29, 0.717) is 55.0 Å². The second-order valence-corrected chi connectivity index (χ2v) is 8.09. The summed E-state index contributed by atoms with van der Waals surface area (Å²) in [5.41, 5.74) is 0.414. The molecule has 0 aromatic heterocycles. The van der Waals surface area contributed by atoms with Crippen LogP contribution in [0.4, 0.5) is 0 Å². The molecule has 6 nitrogen and oxygen atoms in total. The predicted molar refractivity (Wildman–Crippen MR) is 128 cm³/mol. The van der Waals surface area contributed by atoms with Gasteiger partial charge in [0.05, 0.1) is 24.2 Å². The van der Waals surface area contributed by atoms with Crippen LogP contribution in [0.1, 0.15) is 43.5 Å². The van der Waals surface area contributed by atoms with Gasteiger partial charge in [0.25, 0.3) is 0 Å². The van der Waals surface area contributed by atoms with Crippen LogP contribution in [0, 0.1) is 5.92 Å². The predicted octanol–water partition coefficient (Wildman–Crippen LogP) is 5.83. The SMILES string of the molecule is C=CC(=O)OCCCCOc1ccc(C(=O)Oc2ccc(OC[C@@H](Cl)[C@@H](C)CC)cc2)cc1. The van der Waals surface area contributed by atoms with Gasteiger partial charge in [-0.15, -0.1) is 11.6 Å². The maximum absolute atomic E-state index is 12.4. The minimum Gasteiger partial charge on any atom is -0.494 e. The first-order valence-electron chi connectivity index (χ1n) is 11.0. The van der Waals surface area contributed by atoms with E-state index >= 15 is 0 Å². The van der Waals surface area contributed by atoms with E-state index < -0.39 is 11.9 Å². The van der Waals surface area contributed by atoms with Crippen LogP contribution in [0.3, 0.4) is 0 Å². The van der Waals surface area contributed by atoms with Crippen molar-refractivity contribution in [1.29, 1.82) is 0 Å². The molecule has 0 amide bonds. The third kappa shape index (κ3) is 9.58. The Morgan fingerprint density at radius 3 is 2.15 bits per heavy atom. The first-order valence-corrected chi connectivity index (χ1v) is 11.5. The fraction of sp³-hybridized carbons (Fsp3) is 0.385. The van der Waals surface area contributed by atoms with E-state index in [1.165, 1.54) is 0 Å². The van der Waals surface area contributed by atoms with Crippen LogP contribution in [0.25, 0.3) is 0 Å². The Morgan fingerprint density at radius 1 is 0.939 bits per heavy atom. The van der Waals surface area contributed by atoms with Crippen LogP contribution in [-0.4, -0.2) is 37.1 Å². The molecule has 0 aliphatic carbocycles. The highest BCUT2D eigenvalue weighted by Gasteiger charge is 2.13. The Bertz CT molecular complexity index is 879. The number of esters is 2. The average molecular weight is 475 g/mol. The third-order valence-corrected chi connectivity index (χ3v) is 5.57. The van der Waals surface area contributed by atoms with Gasteiger partial charge in [-0.1, -0.05) is 26.8 Å². The molecule has 0 aliphatic rings. The van der Waals surface area contributed by atoms with Gasteiger partial charge in [0.15, 0.2) is 0 Å². The molecule has 0 bridgehead atoms. The molecule has 0 aliphatic heterocycles. The Labute approximate surface area is 200 Å². The molecule has 2 aromatic rings. The number of hydrogen-bond donors (Lipinski definition) is 0. The monoisotopic (exact) mass is 474 g/mol. The fourth-order valence-electron chi connectivity index (χ4n) is 2.68. The van der Waals surface area contributed by atoms with Gasteiger partial charge in [0.1, 0.15) is 23.9 Å². The number of benzene rings is 2. The lowest BCUT2D eigenvalue weighted by molar-refractivity contribution is -0.137. The van der Waals surface area contributed by atoms with Crippen LogP contribution in [-0.2, 0) is 9.53 Å². The fourth-order valence-corrected chi connectivity index (χ4v) is 2.92. The van der Waals surface area contributed by atoms with Crippen molar-refractivity contribution in [2.24, 2.45) is 5.92 Å². The molecular weight excluding hydrogens is 444 g/mol. The smallest absolute Gasteiger partial charge is 0.343 e. The zero-order valence-corrected chi connectivity index (χ0v) is 19.9. The standard InChI is InChI=1S/C26H31ClO6/c1-4-19(3)24(27)18-32-22-12-14-23(15-13-22)33-26(29)20-8-10-21(11-9-20)30-16-6-7-17-31-25(28)5-2/h5,8-15,19,24H,2,4,6-7,16-18H2,1,3H3/t19-,24+/m0/s1. The first-order chi connectivity index (χ1) is 15.9. The van der Waals surface area contributed by atoms with E-state index in [9.17, 15) is 9.59 Å². The first kappa shape index (κ1) is 26.3. The van der Waals surface area contributed by atoms with Gasteiger partial charge in [-0.2, -0.15) is 0 Å². The molecule has 0 unspecified atom stereocenters. The van der Waals surface area contributed by atoms with E-state index in [1.54, 1.807) is 48.5 Å². The summed E-state index contributed by atoms with van der Waals surface area (Å²) in [7, 11) is 0. The van der Waals surface area contributed by atoms with Crippen molar-refractivity contribution in [2.75, 3.05) is 19.8 Å². The second-order valence-electron chi connectivity index (χ2n) is 7.53. The van der Waals surface area contributed by atoms with E-state index in [2.05, 4.69) is 20.4 Å². The molecule has 33 heavy (non-hydrogen) atoms. The number of carbonyl (C=O) groups excluding carboxylic acids is 2. The summed E-state index contributed by atoms with van der Waals surface area (Å²) in [6.45, 7) is 8.76. The highest BCUT2D eigenvalue weighted by Crippen LogP contribution is 2.21. The minimum absolute atomic E-state index is 0.0542. The average Bonchev–Trinajstić information content (AvgIpc) is 2.85. The zero-order chi connectivity index (χ0) is 24.1. The van der Waals surface area contributed by atoms with Gasteiger partial charge >= 0.3 is 11.9 Å². The second kappa shape index (κ2) is 14.2. The number of rotatable bonds is 14. The van der Waals surface area contributed by atoms with Gasteiger partial charge in [0.2, 0.25) is 0 Å². The molecule has 0 saturated heterocycles. The van der Waals surface area contributed by atoms with E-state index in [-0.39, 0.29) is 5.38 Å². The van der Waals surface area contributed by atoms with Crippen molar-refractivity contribution in [2.45, 2.75) is 38.5 Å². The number of halogens is 1. The van der Waals surface area contributed by atoms with Crippen LogP contribution >= 0.6 is 11.6 Å². The van der Waals surface area contributed by atoms with Gasteiger partial charge in [-0.3, -0.25) is 0 Å². The summed E-state index contributed by atoms with van der Waals surface area (Å²) in [6, 6.07) is 13.6. The summed E-state index contributed by atoms with van der Waals surface area (Å²) in [4.78, 5) is 23.3. The van der Waals surface area contributed by atoms with Crippen molar-refractivity contribution in [3.63, 3.8) is 0 Å². The van der Waals surface area contributed by atoms with Crippen molar-refractivity contribution in [1.82, 2.24) is 0 Å². The van der Waals surface area contributed by atoms with Crippen molar-refractivity contribution in [3.05, 3.63) is 66.7 Å². The summed E-state index contributed by atoms with van der Waals surface area (Å²) < 4.78 is 21.7. The Kier molecular flexibility index (Phi) is 11.3. The number of carbonyl (C=O) groups is 2. The van der Waals surface area contributed by atoms with Crippen molar-refractivity contribution in [3.8, 4) is 17.2 Å². The van der Waals surface area contributed by atoms with Crippen LogP contribution in [0.5, 0.6) is 17.2 Å². The Balaban J connectivity index is 1.74. The molecule has 2 atom stereocenters. The third-order valence-electron chi connectivity index (χ3n) is 5.01. The largest absolute Gasteiger partial charge is 0.494 e. The van der Waals surface area contributed by atoms with Gasteiger partial charge in [-0.25, -0.2) is 9.59 Å². The lowest BCUT2D eigenvalue weighted by atomic mass is 10.1. The lowest BCUT2D eigenvalue weighted by Gasteiger charge is -2.16. The lowest BCUT2D eigenvalue weighted by Crippen LogP contribution is -2.19. The van der Waals surface area contributed by atoms with E-state index in [4.69, 9.17) is 30.5 Å². The topological polar surface area (TPSA) is 71.1 Å². The molecule has 2 rings (SSSR count). The maximum atomic E-state index is 12.4. The molecule has 0 spiro atoms. The van der Waals surface area contributed by atoms with Gasteiger partial charge in [0, 0.05) is 6.08 Å². The highest BCUT2D eigenvalue weighted by molar-refractivity contribution is 6.20. The van der Waals surface area contributed by atoms with E-state index in [1.807, 2.05) is 0 Å². The molecular formula is C26H31ClO6. The maximum Gasteiger partial charge on any atom is 0.343 e. The normalized spacial score (nSPS) is 12.3. The van der Waals surface area contributed by atoms with Crippen LogP contribution < -0.4 is 14.2 Å². The van der Waals surface area contributed by atoms with Gasteiger partial charge in [-0.05, 0) is 67.3 Å².